The molecule has 1 fully saturated rings. The van der Waals surface area contributed by atoms with Crippen LogP contribution in [0.25, 0.3) is 0 Å². The summed E-state index contributed by atoms with van der Waals surface area (Å²) in [5.74, 6) is -0.0563. The molecule has 1 aliphatic heterocycles. The molecule has 1 amide bonds. The van der Waals surface area contributed by atoms with Gasteiger partial charge in [0.15, 0.2) is 0 Å². The Kier molecular flexibility index (Phi) is 4.79. The van der Waals surface area contributed by atoms with E-state index in [2.05, 4.69) is 20.5 Å². The molecule has 1 saturated heterocycles. The van der Waals surface area contributed by atoms with Gasteiger partial charge in [0.2, 0.25) is 16.9 Å². The minimum Gasteiger partial charge on any atom is -0.471 e. The second-order valence-corrected chi connectivity index (χ2v) is 6.21. The van der Waals surface area contributed by atoms with Crippen LogP contribution in [0.5, 0.6) is 5.88 Å². The quantitative estimate of drug-likeness (QED) is 0.722. The Morgan fingerprint density at radius 2 is 2.16 bits per heavy atom. The summed E-state index contributed by atoms with van der Waals surface area (Å²) in [6, 6.07) is 3.47. The summed E-state index contributed by atoms with van der Waals surface area (Å²) < 4.78 is 44.7. The lowest BCUT2D eigenvalue weighted by atomic mass is 10.1. The van der Waals surface area contributed by atoms with Gasteiger partial charge in [0, 0.05) is 13.1 Å². The SMILES string of the molecule is Cn1nnnc1SCC(=O)N1CC(Oc2cccc(C(F)(F)F)n2)C1. The molecule has 3 heterocycles. The molecule has 0 N–H and O–H groups in total. The molecule has 0 aliphatic carbocycles. The van der Waals surface area contributed by atoms with Gasteiger partial charge >= 0.3 is 6.18 Å². The van der Waals surface area contributed by atoms with Gasteiger partial charge in [-0.05, 0) is 16.5 Å². The van der Waals surface area contributed by atoms with E-state index in [1.807, 2.05) is 0 Å². The number of amides is 1. The van der Waals surface area contributed by atoms with Crippen LogP contribution in [0.4, 0.5) is 13.2 Å². The first kappa shape index (κ1) is 17.5. The minimum atomic E-state index is -4.52. The van der Waals surface area contributed by atoms with Gasteiger partial charge in [-0.1, -0.05) is 17.8 Å². The first-order valence-corrected chi connectivity index (χ1v) is 8.15. The Morgan fingerprint density at radius 3 is 2.80 bits per heavy atom. The van der Waals surface area contributed by atoms with Gasteiger partial charge in [-0.3, -0.25) is 4.79 Å². The molecule has 8 nitrogen and oxygen atoms in total. The van der Waals surface area contributed by atoms with Gasteiger partial charge in [0.05, 0.1) is 18.8 Å². The molecule has 134 valence electrons. The number of carbonyl (C=O) groups is 1. The molecule has 2 aromatic rings. The molecule has 0 radical (unpaired) electrons. The van der Waals surface area contributed by atoms with E-state index in [1.54, 1.807) is 11.9 Å². The van der Waals surface area contributed by atoms with Crippen molar-refractivity contribution in [2.24, 2.45) is 7.05 Å². The Balaban J connectivity index is 1.46. The maximum atomic E-state index is 12.6. The number of aryl methyl sites for hydroxylation is 1. The predicted octanol–water partition coefficient (Wildman–Crippen LogP) is 1.01. The molecular weight excluding hydrogens is 361 g/mol. The number of hydrogen-bond donors (Lipinski definition) is 0. The lowest BCUT2D eigenvalue weighted by Gasteiger charge is -2.38. The maximum Gasteiger partial charge on any atom is 0.433 e. The van der Waals surface area contributed by atoms with Crippen molar-refractivity contribution in [1.29, 1.82) is 0 Å². The predicted molar refractivity (Wildman–Crippen MR) is 79.8 cm³/mol. The second-order valence-electron chi connectivity index (χ2n) is 5.27. The van der Waals surface area contributed by atoms with Crippen molar-refractivity contribution in [2.45, 2.75) is 17.4 Å². The topological polar surface area (TPSA) is 86.0 Å². The van der Waals surface area contributed by atoms with E-state index >= 15 is 0 Å². The van der Waals surface area contributed by atoms with Gasteiger partial charge in [-0.25, -0.2) is 9.67 Å². The summed E-state index contributed by atoms with van der Waals surface area (Å²) in [6.07, 6.45) is -4.89. The van der Waals surface area contributed by atoms with Crippen molar-refractivity contribution >= 4 is 17.7 Å². The van der Waals surface area contributed by atoms with Crippen LogP contribution in [0.2, 0.25) is 0 Å². The van der Waals surface area contributed by atoms with Gasteiger partial charge < -0.3 is 9.64 Å². The number of halogens is 3. The average Bonchev–Trinajstić information content (AvgIpc) is 2.93. The first-order chi connectivity index (χ1) is 11.8. The Morgan fingerprint density at radius 1 is 1.40 bits per heavy atom. The highest BCUT2D eigenvalue weighted by Gasteiger charge is 2.35. The number of hydrogen-bond acceptors (Lipinski definition) is 7. The van der Waals surface area contributed by atoms with E-state index in [-0.39, 0.29) is 23.6 Å². The fourth-order valence-electron chi connectivity index (χ4n) is 2.09. The normalized spacial score (nSPS) is 15.1. The standard InChI is InChI=1S/C13H13F3N6O2S/c1-21-12(18-19-20-21)25-7-11(23)22-5-8(6-22)24-10-4-2-3-9(17-10)13(14,15)16/h2-4,8H,5-7H2,1H3. The van der Waals surface area contributed by atoms with Crippen molar-refractivity contribution < 1.29 is 22.7 Å². The average molecular weight is 374 g/mol. The third-order valence-electron chi connectivity index (χ3n) is 3.41. The third kappa shape index (κ3) is 4.18. The Bertz CT molecular complexity index is 762. The van der Waals surface area contributed by atoms with Gasteiger partial charge in [0.1, 0.15) is 11.8 Å². The summed E-state index contributed by atoms with van der Waals surface area (Å²) in [6.45, 7) is 0.600. The van der Waals surface area contributed by atoms with Crippen LogP contribution >= 0.6 is 11.8 Å². The van der Waals surface area contributed by atoms with Crippen LogP contribution in [-0.4, -0.2) is 60.9 Å². The zero-order chi connectivity index (χ0) is 18.0. The van der Waals surface area contributed by atoms with E-state index in [9.17, 15) is 18.0 Å². The van der Waals surface area contributed by atoms with Crippen molar-refractivity contribution in [1.82, 2.24) is 30.1 Å². The summed E-state index contributed by atoms with van der Waals surface area (Å²) >= 11 is 1.21. The highest BCUT2D eigenvalue weighted by molar-refractivity contribution is 7.99. The minimum absolute atomic E-state index is 0.105. The van der Waals surface area contributed by atoms with E-state index in [1.165, 1.54) is 28.6 Å². The number of alkyl halides is 3. The summed E-state index contributed by atoms with van der Waals surface area (Å²) in [5, 5.41) is 11.4. The van der Waals surface area contributed by atoms with Gasteiger partial charge in [-0.2, -0.15) is 13.2 Å². The molecule has 3 rings (SSSR count). The van der Waals surface area contributed by atoms with Gasteiger partial charge in [0.25, 0.3) is 0 Å². The number of aromatic nitrogens is 5. The number of ether oxygens (including phenoxy) is 1. The van der Waals surface area contributed by atoms with Crippen molar-refractivity contribution in [3.63, 3.8) is 0 Å². The molecule has 25 heavy (non-hydrogen) atoms. The molecule has 0 atom stereocenters. The third-order valence-corrected chi connectivity index (χ3v) is 4.40. The molecule has 1 aliphatic rings. The Hall–Kier alpha value is -2.37. The fourth-order valence-corrected chi connectivity index (χ4v) is 2.84. The zero-order valence-corrected chi connectivity index (χ0v) is 13.8. The van der Waals surface area contributed by atoms with E-state index in [0.29, 0.717) is 18.2 Å². The Labute approximate surface area is 144 Å². The smallest absolute Gasteiger partial charge is 0.433 e. The van der Waals surface area contributed by atoms with E-state index in [0.717, 1.165) is 6.07 Å². The molecule has 0 spiro atoms. The number of likely N-dealkylation sites (tertiary alicyclic amines) is 1. The number of carbonyl (C=O) groups excluding carboxylic acids is 1. The molecule has 0 aromatic carbocycles. The van der Waals surface area contributed by atoms with Gasteiger partial charge in [-0.15, -0.1) is 5.10 Å². The van der Waals surface area contributed by atoms with Crippen molar-refractivity contribution in [3.05, 3.63) is 23.9 Å². The van der Waals surface area contributed by atoms with Crippen LogP contribution in [0.1, 0.15) is 5.69 Å². The van der Waals surface area contributed by atoms with Crippen LogP contribution in [0, 0.1) is 0 Å². The number of thioether (sulfide) groups is 1. The molecule has 2 aromatic heterocycles. The molecular formula is C13H13F3N6O2S. The number of nitrogens with zero attached hydrogens (tertiary/aromatic N) is 6. The number of pyridine rings is 1. The molecule has 0 bridgehead atoms. The number of rotatable bonds is 5. The van der Waals surface area contributed by atoms with Crippen LogP contribution in [0.15, 0.2) is 23.4 Å². The second kappa shape index (κ2) is 6.86. The molecule has 0 saturated carbocycles. The maximum absolute atomic E-state index is 12.6. The fraction of sp³-hybridized carbons (Fsp3) is 0.462. The summed E-state index contributed by atoms with van der Waals surface area (Å²) in [7, 11) is 1.67. The zero-order valence-electron chi connectivity index (χ0n) is 13.0. The van der Waals surface area contributed by atoms with E-state index in [4.69, 9.17) is 4.74 Å². The molecule has 12 heteroatoms. The van der Waals surface area contributed by atoms with Crippen LogP contribution in [0.3, 0.4) is 0 Å². The summed E-state index contributed by atoms with van der Waals surface area (Å²) in [4.78, 5) is 17.0. The largest absolute Gasteiger partial charge is 0.471 e. The highest BCUT2D eigenvalue weighted by Crippen LogP contribution is 2.29. The van der Waals surface area contributed by atoms with Crippen molar-refractivity contribution in [2.75, 3.05) is 18.8 Å². The molecule has 0 unspecified atom stereocenters. The van der Waals surface area contributed by atoms with Crippen LogP contribution in [-0.2, 0) is 18.0 Å². The summed E-state index contributed by atoms with van der Waals surface area (Å²) in [5.41, 5.74) is -1.01. The number of tetrazole rings is 1. The lowest BCUT2D eigenvalue weighted by molar-refractivity contribution is -0.141. The van der Waals surface area contributed by atoms with Crippen LogP contribution < -0.4 is 4.74 Å². The first-order valence-electron chi connectivity index (χ1n) is 7.17. The van der Waals surface area contributed by atoms with E-state index < -0.39 is 11.9 Å². The lowest BCUT2D eigenvalue weighted by Crippen LogP contribution is -2.56. The monoisotopic (exact) mass is 374 g/mol. The highest BCUT2D eigenvalue weighted by atomic mass is 32.2. The van der Waals surface area contributed by atoms with Crippen molar-refractivity contribution in [3.8, 4) is 5.88 Å².